The van der Waals surface area contributed by atoms with Crippen LogP contribution in [-0.2, 0) is 0 Å². The first kappa shape index (κ1) is 22.8. The zero-order valence-corrected chi connectivity index (χ0v) is 17.5. The molecule has 0 unspecified atom stereocenters. The topological polar surface area (TPSA) is 141 Å². The van der Waals surface area contributed by atoms with Crippen LogP contribution in [0.1, 0.15) is 27.7 Å². The van der Waals surface area contributed by atoms with Crippen molar-refractivity contribution in [1.82, 2.24) is 10.6 Å². The Morgan fingerprint density at radius 1 is 0.700 bits per heavy atom. The van der Waals surface area contributed by atoms with Crippen LogP contribution in [0.3, 0.4) is 0 Å². The van der Waals surface area contributed by atoms with Crippen LogP contribution in [0.25, 0.3) is 0 Å². The highest BCUT2D eigenvalue weighted by atomic mass is 16.2. The van der Waals surface area contributed by atoms with Crippen molar-refractivity contribution in [2.75, 3.05) is 10.0 Å². The van der Waals surface area contributed by atoms with E-state index in [1.54, 1.807) is 76.2 Å². The van der Waals surface area contributed by atoms with Gasteiger partial charge in [0.25, 0.3) is 0 Å². The average molecular weight is 412 g/mol. The quantitative estimate of drug-likeness (QED) is 0.250. The summed E-state index contributed by atoms with van der Waals surface area (Å²) in [6, 6.07) is 16.5. The highest BCUT2D eigenvalue weighted by Gasteiger charge is 2.27. The molecule has 0 spiro atoms. The summed E-state index contributed by atoms with van der Waals surface area (Å²) in [5, 5.41) is 15.7. The fraction of sp³-hybridized carbons (Fsp3) is 0.300. The predicted molar refractivity (Wildman–Crippen MR) is 116 cm³/mol. The van der Waals surface area contributed by atoms with Gasteiger partial charge in [-0.05, 0) is 52.0 Å². The molecule has 2 rings (SSSR count). The van der Waals surface area contributed by atoms with Crippen molar-refractivity contribution in [3.05, 3.63) is 60.7 Å². The molecule has 0 heterocycles. The van der Waals surface area contributed by atoms with E-state index in [-0.39, 0.29) is 0 Å². The molecule has 10 heteroatoms. The summed E-state index contributed by atoms with van der Waals surface area (Å²) >= 11 is 0. The van der Waals surface area contributed by atoms with Crippen molar-refractivity contribution >= 4 is 23.4 Å². The Morgan fingerprint density at radius 2 is 1.00 bits per heavy atom. The van der Waals surface area contributed by atoms with E-state index in [1.165, 1.54) is 0 Å². The Morgan fingerprint density at radius 3 is 1.30 bits per heavy atom. The first-order valence-electron chi connectivity index (χ1n) is 9.29. The van der Waals surface area contributed by atoms with Gasteiger partial charge in [0.1, 0.15) is 11.3 Å². The molecule has 2 aromatic carbocycles. The molecule has 160 valence electrons. The summed E-state index contributed by atoms with van der Waals surface area (Å²) < 4.78 is 0. The molecule has 0 radical (unpaired) electrons. The van der Waals surface area contributed by atoms with Gasteiger partial charge in [0.2, 0.25) is 0 Å². The summed E-state index contributed by atoms with van der Waals surface area (Å²) in [5.41, 5.74) is -1.10. The van der Waals surface area contributed by atoms with Gasteiger partial charge in [0.15, 0.2) is 0 Å². The van der Waals surface area contributed by atoms with Crippen LogP contribution in [0.4, 0.5) is 21.0 Å². The average Bonchev–Trinajstić information content (AvgIpc) is 2.72. The lowest BCUT2D eigenvalue weighted by atomic mass is 10.2. The molecule has 0 saturated heterocycles. The van der Waals surface area contributed by atoms with E-state index in [2.05, 4.69) is 20.9 Å². The summed E-state index contributed by atoms with van der Waals surface area (Å²) in [5.74, 6) is 11.7. The Bertz CT molecular complexity index is 811. The van der Waals surface area contributed by atoms with Gasteiger partial charge in [-0.25, -0.2) is 31.3 Å². The molecule has 10 nitrogen and oxygen atoms in total. The lowest BCUT2D eigenvalue weighted by Crippen LogP contribution is -2.53. The second-order valence-electron chi connectivity index (χ2n) is 7.59. The van der Waals surface area contributed by atoms with Crippen molar-refractivity contribution in [3.63, 3.8) is 0 Å². The Balaban J connectivity index is 1.99. The number of amides is 4. The zero-order valence-electron chi connectivity index (χ0n) is 17.5. The number of azo groups is 1. The van der Waals surface area contributed by atoms with E-state index in [0.29, 0.717) is 11.4 Å². The minimum absolute atomic E-state index is 0.527. The molecule has 6 N–H and O–H groups in total. The molecule has 0 fully saturated rings. The molecule has 0 aliphatic rings. The number of rotatable bonds is 6. The van der Waals surface area contributed by atoms with Crippen molar-refractivity contribution in [1.29, 1.82) is 0 Å². The third-order valence-corrected chi connectivity index (χ3v) is 3.88. The van der Waals surface area contributed by atoms with Gasteiger partial charge in [-0.1, -0.05) is 36.4 Å². The number of hydrogen-bond donors (Lipinski definition) is 4. The molecular weight excluding hydrogens is 384 g/mol. The molecular formula is C20H28N8O2. The van der Waals surface area contributed by atoms with Crippen molar-refractivity contribution in [2.24, 2.45) is 21.9 Å². The first-order chi connectivity index (χ1) is 14.0. The summed E-state index contributed by atoms with van der Waals surface area (Å²) in [6.45, 7) is 6.63. The fourth-order valence-electron chi connectivity index (χ4n) is 2.36. The van der Waals surface area contributed by atoms with Gasteiger partial charge in [-0.3, -0.25) is 0 Å². The summed E-state index contributed by atoms with van der Waals surface area (Å²) in [4.78, 5) is 24.8. The Labute approximate surface area is 175 Å². The third-order valence-electron chi connectivity index (χ3n) is 3.88. The highest BCUT2D eigenvalue weighted by molar-refractivity contribution is 5.91. The lowest BCUT2D eigenvalue weighted by molar-refractivity contribution is 0.228. The molecule has 0 aromatic heterocycles. The minimum atomic E-state index is -1.08. The third kappa shape index (κ3) is 6.54. The van der Waals surface area contributed by atoms with Crippen LogP contribution in [-0.4, -0.2) is 23.4 Å². The molecule has 0 aliphatic heterocycles. The number of anilines is 2. The number of carbonyl (C=O) groups excluding carboxylic acids is 2. The smallest absolute Gasteiger partial charge is 0.311 e. The molecule has 0 atom stereocenters. The number of nitrogens with zero attached hydrogens (tertiary/aromatic N) is 4. The molecule has 4 amide bonds. The number of carbonyl (C=O) groups is 2. The van der Waals surface area contributed by atoms with Crippen molar-refractivity contribution in [2.45, 2.75) is 39.0 Å². The van der Waals surface area contributed by atoms with Gasteiger partial charge in [-0.15, -0.1) is 0 Å². The zero-order chi connectivity index (χ0) is 22.4. The maximum Gasteiger partial charge on any atom is 0.338 e. The predicted octanol–water partition coefficient (Wildman–Crippen LogP) is 3.09. The number of nitrogens with two attached hydrogens (primary N) is 2. The number of hydrogen-bond acceptors (Lipinski definition) is 6. The van der Waals surface area contributed by atoms with Crippen LogP contribution < -0.4 is 32.3 Å². The molecule has 30 heavy (non-hydrogen) atoms. The van der Waals surface area contributed by atoms with Gasteiger partial charge in [-0.2, -0.15) is 10.2 Å². The van der Waals surface area contributed by atoms with E-state index in [1.807, 2.05) is 12.1 Å². The van der Waals surface area contributed by atoms with Crippen molar-refractivity contribution < 1.29 is 9.59 Å². The monoisotopic (exact) mass is 412 g/mol. The Kier molecular flexibility index (Phi) is 7.09. The van der Waals surface area contributed by atoms with Gasteiger partial charge in [0, 0.05) is 0 Å². The fourth-order valence-corrected chi connectivity index (χ4v) is 2.36. The van der Waals surface area contributed by atoms with Crippen LogP contribution in [0.15, 0.2) is 70.9 Å². The second-order valence-corrected chi connectivity index (χ2v) is 7.59. The van der Waals surface area contributed by atoms with Crippen molar-refractivity contribution in [3.8, 4) is 0 Å². The normalized spacial score (nSPS) is 11.8. The molecule has 2 aromatic rings. The largest absolute Gasteiger partial charge is 0.338 e. The molecule has 0 bridgehead atoms. The van der Waals surface area contributed by atoms with Crippen LogP contribution in [0.5, 0.6) is 0 Å². The van der Waals surface area contributed by atoms with Gasteiger partial charge in [0.05, 0.1) is 11.4 Å². The minimum Gasteiger partial charge on any atom is -0.311 e. The first-order valence-corrected chi connectivity index (χ1v) is 9.29. The van der Waals surface area contributed by atoms with E-state index in [0.717, 1.165) is 10.0 Å². The SMILES string of the molecule is CC(C)(N=NC(C)(C)NC(=O)N(N)c1ccccc1)NC(=O)N(N)c1ccccc1. The van der Waals surface area contributed by atoms with Crippen LogP contribution in [0.2, 0.25) is 0 Å². The Hall–Kier alpha value is -3.50. The maximum atomic E-state index is 12.4. The lowest BCUT2D eigenvalue weighted by Gasteiger charge is -2.28. The number of benzene rings is 2. The number of nitrogens with one attached hydrogen (secondary N) is 2. The van der Waals surface area contributed by atoms with Gasteiger partial charge >= 0.3 is 12.1 Å². The van der Waals surface area contributed by atoms with Gasteiger partial charge < -0.3 is 10.6 Å². The summed E-state index contributed by atoms with van der Waals surface area (Å²) in [7, 11) is 0. The second kappa shape index (κ2) is 9.33. The standard InChI is InChI=1S/C20H28N8O2/c1-19(2,23-17(29)27(21)15-11-7-5-8-12-15)25-26-20(3,4)24-18(30)28(22)16-13-9-6-10-14-16/h5-14H,21-22H2,1-4H3,(H,23,29)(H,24,30). The number of para-hydroxylation sites is 2. The maximum absolute atomic E-state index is 12.4. The van der Waals surface area contributed by atoms with Crippen LogP contribution >= 0.6 is 0 Å². The van der Waals surface area contributed by atoms with E-state index in [4.69, 9.17) is 11.7 Å². The van der Waals surface area contributed by atoms with E-state index < -0.39 is 23.4 Å². The van der Waals surface area contributed by atoms with E-state index >= 15 is 0 Å². The van der Waals surface area contributed by atoms with E-state index in [9.17, 15) is 9.59 Å². The number of hydrazine groups is 2. The van der Waals surface area contributed by atoms with Crippen LogP contribution in [0, 0.1) is 0 Å². The molecule has 0 aliphatic carbocycles. The molecule has 0 saturated carbocycles. The number of urea groups is 2. The highest BCUT2D eigenvalue weighted by Crippen LogP contribution is 2.15. The summed E-state index contributed by atoms with van der Waals surface area (Å²) in [6.07, 6.45) is 0.